The summed E-state index contributed by atoms with van der Waals surface area (Å²) < 4.78 is 0. The second kappa shape index (κ2) is 8.96. The minimum atomic E-state index is -0.109. The van der Waals surface area contributed by atoms with Gasteiger partial charge in [-0.1, -0.05) is 100 Å². The Bertz CT molecular complexity index is 1400. The number of fused-ring (bicyclic) bond motifs is 3. The van der Waals surface area contributed by atoms with E-state index < -0.39 is 0 Å². The van der Waals surface area contributed by atoms with Gasteiger partial charge in [0.2, 0.25) is 0 Å². The van der Waals surface area contributed by atoms with Crippen molar-refractivity contribution < 1.29 is 0 Å². The summed E-state index contributed by atoms with van der Waals surface area (Å²) in [5.41, 5.74) is 13.5. The molecule has 0 fully saturated rings. The first-order valence-corrected chi connectivity index (χ1v) is 13.4. The molecule has 0 atom stereocenters. The zero-order valence-electron chi connectivity index (χ0n) is 22.9. The molecular formula is C35H39N. The summed E-state index contributed by atoms with van der Waals surface area (Å²) in [4.78, 5) is 2.63. The summed E-state index contributed by atoms with van der Waals surface area (Å²) in [5, 5.41) is 0. The SMILES string of the molecule is CCc1cc2c(cc1N(c1c(CC)cccc1-c1ccccc1)C(C)(C)C)C(C)(C)c1ccccc1-2. The van der Waals surface area contributed by atoms with Crippen LogP contribution in [0.15, 0.2) is 84.9 Å². The van der Waals surface area contributed by atoms with E-state index in [2.05, 4.69) is 138 Å². The number of rotatable bonds is 5. The lowest BCUT2D eigenvalue weighted by Gasteiger charge is -2.42. The van der Waals surface area contributed by atoms with Crippen molar-refractivity contribution in [1.29, 1.82) is 0 Å². The lowest BCUT2D eigenvalue weighted by Crippen LogP contribution is -2.39. The van der Waals surface area contributed by atoms with E-state index in [1.807, 2.05) is 0 Å². The topological polar surface area (TPSA) is 3.24 Å². The van der Waals surface area contributed by atoms with Crippen LogP contribution in [0.2, 0.25) is 0 Å². The molecule has 4 aromatic carbocycles. The number of anilines is 2. The normalized spacial score (nSPS) is 13.9. The molecule has 184 valence electrons. The van der Waals surface area contributed by atoms with E-state index in [4.69, 9.17) is 0 Å². The first-order chi connectivity index (χ1) is 17.2. The van der Waals surface area contributed by atoms with Gasteiger partial charge < -0.3 is 4.90 Å². The average molecular weight is 474 g/mol. The predicted octanol–water partition coefficient (Wildman–Crippen LogP) is 9.72. The average Bonchev–Trinajstić information content (AvgIpc) is 3.09. The number of aryl methyl sites for hydroxylation is 2. The quantitative estimate of drug-likeness (QED) is 0.279. The molecule has 0 aliphatic heterocycles. The van der Waals surface area contributed by atoms with Crippen LogP contribution in [0.4, 0.5) is 11.4 Å². The molecule has 0 aromatic heterocycles. The highest BCUT2D eigenvalue weighted by atomic mass is 15.2. The van der Waals surface area contributed by atoms with Crippen molar-refractivity contribution in [3.8, 4) is 22.3 Å². The Morgan fingerprint density at radius 2 is 1.28 bits per heavy atom. The Kier molecular flexibility index (Phi) is 6.07. The lowest BCUT2D eigenvalue weighted by atomic mass is 9.81. The third-order valence-corrected chi connectivity index (χ3v) is 7.88. The third kappa shape index (κ3) is 3.86. The van der Waals surface area contributed by atoms with Crippen molar-refractivity contribution in [2.45, 2.75) is 72.3 Å². The molecule has 1 heteroatoms. The molecule has 1 nitrogen and oxygen atoms in total. The van der Waals surface area contributed by atoms with Gasteiger partial charge in [0, 0.05) is 22.2 Å². The summed E-state index contributed by atoms with van der Waals surface area (Å²) in [7, 11) is 0. The van der Waals surface area contributed by atoms with Gasteiger partial charge >= 0.3 is 0 Å². The largest absolute Gasteiger partial charge is 0.335 e. The van der Waals surface area contributed by atoms with Gasteiger partial charge in [-0.15, -0.1) is 0 Å². The van der Waals surface area contributed by atoms with Gasteiger partial charge in [0.25, 0.3) is 0 Å². The van der Waals surface area contributed by atoms with Crippen molar-refractivity contribution in [1.82, 2.24) is 0 Å². The molecular weight excluding hydrogens is 434 g/mol. The first kappa shape index (κ1) is 24.4. The summed E-state index contributed by atoms with van der Waals surface area (Å²) in [6, 6.07) is 31.6. The van der Waals surface area contributed by atoms with E-state index in [-0.39, 0.29) is 11.0 Å². The van der Waals surface area contributed by atoms with Crippen molar-refractivity contribution in [3.05, 3.63) is 107 Å². The highest BCUT2D eigenvalue weighted by Crippen LogP contribution is 2.52. The Hall–Kier alpha value is -3.32. The maximum atomic E-state index is 2.63. The maximum absolute atomic E-state index is 2.63. The number of hydrogen-bond donors (Lipinski definition) is 0. The van der Waals surface area contributed by atoms with E-state index in [0.717, 1.165) is 12.8 Å². The van der Waals surface area contributed by atoms with Crippen molar-refractivity contribution >= 4 is 11.4 Å². The molecule has 0 N–H and O–H groups in total. The van der Waals surface area contributed by atoms with Gasteiger partial charge in [0.15, 0.2) is 0 Å². The van der Waals surface area contributed by atoms with Crippen molar-refractivity contribution in [3.63, 3.8) is 0 Å². The predicted molar refractivity (Wildman–Crippen MR) is 157 cm³/mol. The van der Waals surface area contributed by atoms with Gasteiger partial charge in [-0.25, -0.2) is 0 Å². The van der Waals surface area contributed by atoms with Crippen molar-refractivity contribution in [2.24, 2.45) is 0 Å². The van der Waals surface area contributed by atoms with Crippen LogP contribution >= 0.6 is 0 Å². The molecule has 0 unspecified atom stereocenters. The smallest absolute Gasteiger partial charge is 0.0527 e. The molecule has 36 heavy (non-hydrogen) atoms. The summed E-state index contributed by atoms with van der Waals surface area (Å²) >= 11 is 0. The molecule has 0 bridgehead atoms. The van der Waals surface area contributed by atoms with Crippen LogP contribution in [0.1, 0.15) is 70.7 Å². The van der Waals surface area contributed by atoms with Crippen LogP contribution in [0.25, 0.3) is 22.3 Å². The molecule has 0 heterocycles. The Balaban J connectivity index is 1.82. The zero-order valence-corrected chi connectivity index (χ0v) is 22.9. The van der Waals surface area contributed by atoms with E-state index in [1.54, 1.807) is 0 Å². The van der Waals surface area contributed by atoms with Crippen LogP contribution in [-0.4, -0.2) is 5.54 Å². The van der Waals surface area contributed by atoms with Gasteiger partial charge in [0.1, 0.15) is 0 Å². The first-order valence-electron chi connectivity index (χ1n) is 13.4. The Labute approximate surface area is 217 Å². The van der Waals surface area contributed by atoms with Crippen LogP contribution in [0, 0.1) is 0 Å². The Morgan fingerprint density at radius 1 is 0.639 bits per heavy atom. The molecule has 4 aromatic rings. The fourth-order valence-electron chi connectivity index (χ4n) is 6.08. The fourth-order valence-corrected chi connectivity index (χ4v) is 6.08. The van der Waals surface area contributed by atoms with Gasteiger partial charge in [-0.05, 0) is 84.7 Å². The van der Waals surface area contributed by atoms with Gasteiger partial charge in [-0.3, -0.25) is 0 Å². The van der Waals surface area contributed by atoms with Crippen molar-refractivity contribution in [2.75, 3.05) is 4.90 Å². The second-order valence-electron chi connectivity index (χ2n) is 11.6. The molecule has 0 saturated carbocycles. The minimum absolute atomic E-state index is 0.0248. The van der Waals surface area contributed by atoms with Crippen LogP contribution in [0.5, 0.6) is 0 Å². The highest BCUT2D eigenvalue weighted by Gasteiger charge is 2.38. The monoisotopic (exact) mass is 473 g/mol. The van der Waals surface area contributed by atoms with Crippen LogP contribution < -0.4 is 4.90 Å². The summed E-state index contributed by atoms with van der Waals surface area (Å²) in [6.07, 6.45) is 1.98. The fraction of sp³-hybridized carbons (Fsp3) is 0.314. The molecule has 1 aliphatic rings. The highest BCUT2D eigenvalue weighted by molar-refractivity contribution is 5.89. The van der Waals surface area contributed by atoms with Gasteiger partial charge in [0.05, 0.1) is 5.69 Å². The molecule has 1 aliphatic carbocycles. The van der Waals surface area contributed by atoms with E-state index in [0.29, 0.717) is 0 Å². The maximum Gasteiger partial charge on any atom is 0.0527 e. The second-order valence-corrected chi connectivity index (χ2v) is 11.6. The third-order valence-electron chi connectivity index (χ3n) is 7.88. The van der Waals surface area contributed by atoms with Crippen LogP contribution in [-0.2, 0) is 18.3 Å². The van der Waals surface area contributed by atoms with Crippen LogP contribution in [0.3, 0.4) is 0 Å². The van der Waals surface area contributed by atoms with E-state index >= 15 is 0 Å². The minimum Gasteiger partial charge on any atom is -0.335 e. The summed E-state index contributed by atoms with van der Waals surface area (Å²) in [5.74, 6) is 0. The lowest BCUT2D eigenvalue weighted by molar-refractivity contribution is 0.557. The number of hydrogen-bond acceptors (Lipinski definition) is 1. The molecule has 0 spiro atoms. The standard InChI is InChI=1S/C35H39N/c1-8-24-18-15-20-27(26-16-11-10-12-17-26)33(24)36(34(3,4)5)32-23-31-29(22-25(32)9-2)28-19-13-14-21-30(28)35(31,6)7/h10-23H,8-9H2,1-7H3. The Morgan fingerprint density at radius 3 is 1.94 bits per heavy atom. The number of benzene rings is 4. The zero-order chi connectivity index (χ0) is 25.7. The molecule has 0 radical (unpaired) electrons. The van der Waals surface area contributed by atoms with E-state index in [1.165, 1.54) is 55.9 Å². The van der Waals surface area contributed by atoms with Gasteiger partial charge in [-0.2, -0.15) is 0 Å². The molecule has 0 amide bonds. The summed E-state index contributed by atoms with van der Waals surface area (Å²) in [6.45, 7) is 16.4. The number of nitrogens with zero attached hydrogens (tertiary/aromatic N) is 1. The molecule has 5 rings (SSSR count). The number of para-hydroxylation sites is 1. The van der Waals surface area contributed by atoms with E-state index in [9.17, 15) is 0 Å². The molecule has 0 saturated heterocycles.